The first-order valence-electron chi connectivity index (χ1n) is 5.27. The SMILES string of the molecule is CC(C)(CCO)Nc1ccc(C(=O)O)cc1Cl. The van der Waals surface area contributed by atoms with E-state index in [2.05, 4.69) is 5.32 Å². The number of carboxylic acids is 1. The van der Waals surface area contributed by atoms with Gasteiger partial charge < -0.3 is 15.5 Å². The number of hydrogen-bond donors (Lipinski definition) is 3. The minimum Gasteiger partial charge on any atom is -0.478 e. The summed E-state index contributed by atoms with van der Waals surface area (Å²) in [5.74, 6) is -1.01. The van der Waals surface area contributed by atoms with Crippen LogP contribution < -0.4 is 5.32 Å². The fourth-order valence-corrected chi connectivity index (χ4v) is 1.68. The Morgan fingerprint density at radius 1 is 1.47 bits per heavy atom. The van der Waals surface area contributed by atoms with E-state index in [1.807, 2.05) is 13.8 Å². The molecule has 0 saturated carbocycles. The van der Waals surface area contributed by atoms with Crippen LogP contribution in [0.3, 0.4) is 0 Å². The molecule has 0 fully saturated rings. The Labute approximate surface area is 105 Å². The van der Waals surface area contributed by atoms with Crippen LogP contribution in [0.25, 0.3) is 0 Å². The molecule has 0 spiro atoms. The van der Waals surface area contributed by atoms with E-state index in [0.29, 0.717) is 17.1 Å². The maximum absolute atomic E-state index is 10.7. The first-order valence-corrected chi connectivity index (χ1v) is 5.65. The quantitative estimate of drug-likeness (QED) is 0.758. The van der Waals surface area contributed by atoms with Crippen LogP contribution >= 0.6 is 11.6 Å². The molecule has 0 bridgehead atoms. The van der Waals surface area contributed by atoms with Gasteiger partial charge in [0, 0.05) is 12.1 Å². The minimum absolute atomic E-state index is 0.0742. The molecule has 0 amide bonds. The van der Waals surface area contributed by atoms with Crippen LogP contribution in [-0.4, -0.2) is 28.3 Å². The van der Waals surface area contributed by atoms with Gasteiger partial charge in [0.15, 0.2) is 0 Å². The van der Waals surface area contributed by atoms with Crippen LogP contribution in [0.2, 0.25) is 5.02 Å². The molecule has 1 aromatic carbocycles. The Morgan fingerprint density at radius 2 is 2.12 bits per heavy atom. The molecular formula is C12H16ClNO3. The lowest BCUT2D eigenvalue weighted by Crippen LogP contribution is -2.32. The highest BCUT2D eigenvalue weighted by molar-refractivity contribution is 6.33. The third-order valence-electron chi connectivity index (χ3n) is 2.43. The van der Waals surface area contributed by atoms with Gasteiger partial charge in [0.05, 0.1) is 16.3 Å². The molecule has 0 aliphatic carbocycles. The van der Waals surface area contributed by atoms with Gasteiger partial charge in [-0.25, -0.2) is 4.79 Å². The van der Waals surface area contributed by atoms with Gasteiger partial charge in [0.2, 0.25) is 0 Å². The fraction of sp³-hybridized carbons (Fsp3) is 0.417. The largest absolute Gasteiger partial charge is 0.478 e. The molecule has 0 aliphatic heterocycles. The van der Waals surface area contributed by atoms with Crippen molar-refractivity contribution >= 4 is 23.3 Å². The number of aromatic carboxylic acids is 1. The number of hydrogen-bond acceptors (Lipinski definition) is 3. The third-order valence-corrected chi connectivity index (χ3v) is 2.74. The summed E-state index contributed by atoms with van der Waals surface area (Å²) in [7, 11) is 0. The topological polar surface area (TPSA) is 69.6 Å². The Hall–Kier alpha value is -1.26. The van der Waals surface area contributed by atoms with E-state index in [1.165, 1.54) is 12.1 Å². The molecule has 17 heavy (non-hydrogen) atoms. The summed E-state index contributed by atoms with van der Waals surface area (Å²) in [6, 6.07) is 4.53. The minimum atomic E-state index is -1.01. The smallest absolute Gasteiger partial charge is 0.335 e. The van der Waals surface area contributed by atoms with E-state index < -0.39 is 5.97 Å². The number of rotatable bonds is 5. The highest BCUT2D eigenvalue weighted by Gasteiger charge is 2.18. The maximum atomic E-state index is 10.7. The molecule has 0 aliphatic rings. The molecule has 1 aromatic rings. The van der Waals surface area contributed by atoms with Crippen molar-refractivity contribution in [3.63, 3.8) is 0 Å². The van der Waals surface area contributed by atoms with Gasteiger partial charge in [-0.3, -0.25) is 0 Å². The maximum Gasteiger partial charge on any atom is 0.335 e. The monoisotopic (exact) mass is 257 g/mol. The number of anilines is 1. The van der Waals surface area contributed by atoms with Crippen molar-refractivity contribution in [3.8, 4) is 0 Å². The molecule has 1 rings (SSSR count). The number of benzene rings is 1. The Balaban J connectivity index is 2.90. The summed E-state index contributed by atoms with van der Waals surface area (Å²) in [6.07, 6.45) is 0.573. The Kier molecular flexibility index (Phi) is 4.37. The van der Waals surface area contributed by atoms with Gasteiger partial charge in [0.25, 0.3) is 0 Å². The first-order chi connectivity index (χ1) is 7.85. The first kappa shape index (κ1) is 13.8. The van der Waals surface area contributed by atoms with Gasteiger partial charge >= 0.3 is 5.97 Å². The van der Waals surface area contributed by atoms with Crippen molar-refractivity contribution in [3.05, 3.63) is 28.8 Å². The van der Waals surface area contributed by atoms with E-state index in [4.69, 9.17) is 21.8 Å². The molecule has 4 nitrogen and oxygen atoms in total. The lowest BCUT2D eigenvalue weighted by atomic mass is 10.0. The molecular weight excluding hydrogens is 242 g/mol. The van der Waals surface area contributed by atoms with Gasteiger partial charge in [-0.1, -0.05) is 11.6 Å². The molecule has 0 saturated heterocycles. The second kappa shape index (κ2) is 5.38. The second-order valence-corrected chi connectivity index (χ2v) is 4.89. The zero-order chi connectivity index (χ0) is 13.1. The predicted octanol–water partition coefficient (Wildman–Crippen LogP) is 2.61. The lowest BCUT2D eigenvalue weighted by Gasteiger charge is -2.27. The van der Waals surface area contributed by atoms with Crippen LogP contribution in [0.5, 0.6) is 0 Å². The van der Waals surface area contributed by atoms with Crippen LogP contribution in [-0.2, 0) is 0 Å². The normalized spacial score (nSPS) is 11.3. The fourth-order valence-electron chi connectivity index (χ4n) is 1.46. The van der Waals surface area contributed by atoms with Gasteiger partial charge in [-0.05, 0) is 38.5 Å². The third kappa shape index (κ3) is 3.91. The van der Waals surface area contributed by atoms with Gasteiger partial charge in [-0.15, -0.1) is 0 Å². The van der Waals surface area contributed by atoms with E-state index in [1.54, 1.807) is 6.07 Å². The van der Waals surface area contributed by atoms with Crippen LogP contribution in [0.15, 0.2) is 18.2 Å². The second-order valence-electron chi connectivity index (χ2n) is 4.48. The van der Waals surface area contributed by atoms with Crippen molar-refractivity contribution < 1.29 is 15.0 Å². The predicted molar refractivity (Wildman–Crippen MR) is 67.8 cm³/mol. The Bertz CT molecular complexity index is 418. The average Bonchev–Trinajstić information content (AvgIpc) is 2.20. The van der Waals surface area contributed by atoms with Crippen LogP contribution in [0.4, 0.5) is 5.69 Å². The van der Waals surface area contributed by atoms with Crippen molar-refractivity contribution in [1.29, 1.82) is 0 Å². The number of aliphatic hydroxyl groups excluding tert-OH is 1. The van der Waals surface area contributed by atoms with E-state index in [0.717, 1.165) is 0 Å². The van der Waals surface area contributed by atoms with Crippen LogP contribution in [0, 0.1) is 0 Å². The molecule has 0 heterocycles. The van der Waals surface area contributed by atoms with Crippen molar-refractivity contribution in [2.75, 3.05) is 11.9 Å². The van der Waals surface area contributed by atoms with Crippen molar-refractivity contribution in [2.45, 2.75) is 25.8 Å². The standard InChI is InChI=1S/C12H16ClNO3/c1-12(2,5-6-15)14-10-4-3-8(11(16)17)7-9(10)13/h3-4,7,14-15H,5-6H2,1-2H3,(H,16,17). The molecule has 0 radical (unpaired) electrons. The summed E-state index contributed by atoms with van der Waals surface area (Å²) in [6.45, 7) is 3.94. The lowest BCUT2D eigenvalue weighted by molar-refractivity contribution is 0.0697. The number of carbonyl (C=O) groups is 1. The average molecular weight is 258 g/mol. The molecule has 3 N–H and O–H groups in total. The van der Waals surface area contributed by atoms with E-state index >= 15 is 0 Å². The molecule has 0 aromatic heterocycles. The summed E-state index contributed by atoms with van der Waals surface area (Å²) in [5.41, 5.74) is 0.513. The van der Waals surface area contributed by atoms with E-state index in [-0.39, 0.29) is 17.7 Å². The number of aliphatic hydroxyl groups is 1. The highest BCUT2D eigenvalue weighted by Crippen LogP contribution is 2.27. The number of nitrogens with one attached hydrogen (secondary N) is 1. The molecule has 94 valence electrons. The summed E-state index contributed by atoms with van der Waals surface area (Å²) < 4.78 is 0. The van der Waals surface area contributed by atoms with Gasteiger partial charge in [0.1, 0.15) is 0 Å². The Morgan fingerprint density at radius 3 is 2.59 bits per heavy atom. The molecule has 0 unspecified atom stereocenters. The van der Waals surface area contributed by atoms with Crippen molar-refractivity contribution in [2.24, 2.45) is 0 Å². The number of halogens is 1. The van der Waals surface area contributed by atoms with Crippen molar-refractivity contribution in [1.82, 2.24) is 0 Å². The zero-order valence-electron chi connectivity index (χ0n) is 9.83. The van der Waals surface area contributed by atoms with Gasteiger partial charge in [-0.2, -0.15) is 0 Å². The summed E-state index contributed by atoms with van der Waals surface area (Å²) >= 11 is 5.99. The molecule has 0 atom stereocenters. The van der Waals surface area contributed by atoms with Crippen LogP contribution in [0.1, 0.15) is 30.6 Å². The van der Waals surface area contributed by atoms with E-state index in [9.17, 15) is 4.79 Å². The number of carboxylic acid groups (broad SMARTS) is 1. The summed E-state index contributed by atoms with van der Waals surface area (Å²) in [5, 5.41) is 21.2. The zero-order valence-corrected chi connectivity index (χ0v) is 10.6. The summed E-state index contributed by atoms with van der Waals surface area (Å²) in [4.78, 5) is 10.7. The molecule has 5 heteroatoms. The highest BCUT2D eigenvalue weighted by atomic mass is 35.5.